The molecule has 8 heteroatoms. The zero-order valence-corrected chi connectivity index (χ0v) is 22.6. The van der Waals surface area contributed by atoms with Crippen LogP contribution < -0.4 is 10.1 Å². The highest BCUT2D eigenvalue weighted by molar-refractivity contribution is 9.10. The van der Waals surface area contributed by atoms with Crippen molar-refractivity contribution < 1.29 is 18.7 Å². The highest BCUT2D eigenvalue weighted by Crippen LogP contribution is 2.28. The van der Waals surface area contributed by atoms with Gasteiger partial charge in [0.2, 0.25) is 5.91 Å². The van der Waals surface area contributed by atoms with Crippen molar-refractivity contribution in [1.29, 1.82) is 0 Å². The first-order valence-electron chi connectivity index (χ1n) is 11.7. The van der Waals surface area contributed by atoms with E-state index in [1.54, 1.807) is 30.3 Å². The van der Waals surface area contributed by atoms with Crippen molar-refractivity contribution in [1.82, 2.24) is 10.2 Å². The van der Waals surface area contributed by atoms with Crippen LogP contribution >= 0.6 is 27.5 Å². The molecule has 0 heterocycles. The van der Waals surface area contributed by atoms with Gasteiger partial charge in [-0.15, -0.1) is 0 Å². The molecule has 2 unspecified atom stereocenters. The van der Waals surface area contributed by atoms with Crippen LogP contribution in [-0.2, 0) is 22.6 Å². The highest BCUT2D eigenvalue weighted by atomic mass is 79.9. The molecule has 0 aliphatic carbocycles. The molecule has 0 bridgehead atoms. The minimum absolute atomic E-state index is 0.0589. The van der Waals surface area contributed by atoms with Crippen molar-refractivity contribution in [2.45, 2.75) is 45.3 Å². The van der Waals surface area contributed by atoms with E-state index in [1.807, 2.05) is 44.2 Å². The molecule has 36 heavy (non-hydrogen) atoms. The van der Waals surface area contributed by atoms with Gasteiger partial charge in [-0.25, -0.2) is 4.39 Å². The van der Waals surface area contributed by atoms with Gasteiger partial charge in [-0.3, -0.25) is 9.59 Å². The summed E-state index contributed by atoms with van der Waals surface area (Å²) < 4.78 is 20.1. The maximum absolute atomic E-state index is 13.6. The molecule has 3 aromatic carbocycles. The third-order valence-electron chi connectivity index (χ3n) is 5.78. The maximum Gasteiger partial charge on any atom is 0.261 e. The standard InChI is InChI=1S/C28H29BrClFN2O3/c1-3-19(2)32-28(35)25(15-20-7-5-4-6-8-20)33(17-21-9-12-23(31)13-10-21)27(34)18-36-26-14-11-22(29)16-24(26)30/h4-14,16,19,25H,3,15,17-18H2,1-2H3,(H,32,35). The van der Waals surface area contributed by atoms with Gasteiger partial charge in [0, 0.05) is 23.5 Å². The van der Waals surface area contributed by atoms with E-state index < -0.39 is 11.9 Å². The van der Waals surface area contributed by atoms with Crippen molar-refractivity contribution in [3.05, 3.63) is 99.2 Å². The Morgan fingerprint density at radius 3 is 2.39 bits per heavy atom. The summed E-state index contributed by atoms with van der Waals surface area (Å²) >= 11 is 9.60. The van der Waals surface area contributed by atoms with Crippen molar-refractivity contribution >= 4 is 39.3 Å². The van der Waals surface area contributed by atoms with E-state index in [0.29, 0.717) is 22.8 Å². The van der Waals surface area contributed by atoms with Gasteiger partial charge < -0.3 is 15.0 Å². The third-order valence-corrected chi connectivity index (χ3v) is 6.57. The number of benzene rings is 3. The highest BCUT2D eigenvalue weighted by Gasteiger charge is 2.31. The number of nitrogens with zero attached hydrogens (tertiary/aromatic N) is 1. The molecule has 0 aromatic heterocycles. The quantitative estimate of drug-likeness (QED) is 0.297. The minimum atomic E-state index is -0.803. The molecule has 0 aliphatic heterocycles. The van der Waals surface area contributed by atoms with E-state index in [0.717, 1.165) is 16.5 Å². The number of ether oxygens (including phenoxy) is 1. The first-order valence-corrected chi connectivity index (χ1v) is 12.9. The summed E-state index contributed by atoms with van der Waals surface area (Å²) in [6.45, 7) is 3.70. The molecule has 2 amide bonds. The molecule has 3 aromatic rings. The number of amides is 2. The lowest BCUT2D eigenvalue weighted by molar-refractivity contribution is -0.143. The predicted octanol–water partition coefficient (Wildman–Crippen LogP) is 6.18. The number of nitrogens with one attached hydrogen (secondary N) is 1. The smallest absolute Gasteiger partial charge is 0.261 e. The average Bonchev–Trinajstić information content (AvgIpc) is 2.87. The van der Waals surface area contributed by atoms with E-state index in [4.69, 9.17) is 16.3 Å². The lowest BCUT2D eigenvalue weighted by Crippen LogP contribution is -2.53. The number of carbonyl (C=O) groups is 2. The molecule has 0 radical (unpaired) electrons. The molecule has 0 fully saturated rings. The molecule has 5 nitrogen and oxygen atoms in total. The predicted molar refractivity (Wildman–Crippen MR) is 143 cm³/mol. The Labute approximate surface area is 224 Å². The molecule has 0 aliphatic rings. The van der Waals surface area contributed by atoms with Gasteiger partial charge in [-0.1, -0.05) is 76.9 Å². The van der Waals surface area contributed by atoms with E-state index in [1.165, 1.54) is 17.0 Å². The Bertz CT molecular complexity index is 1160. The zero-order valence-electron chi connectivity index (χ0n) is 20.2. The summed E-state index contributed by atoms with van der Waals surface area (Å²) in [4.78, 5) is 28.5. The van der Waals surface area contributed by atoms with Gasteiger partial charge >= 0.3 is 0 Å². The van der Waals surface area contributed by atoms with E-state index in [-0.39, 0.29) is 30.9 Å². The summed E-state index contributed by atoms with van der Waals surface area (Å²) in [5.74, 6) is -0.664. The van der Waals surface area contributed by atoms with Crippen LogP contribution in [0, 0.1) is 5.82 Å². The lowest BCUT2D eigenvalue weighted by atomic mass is 10.0. The van der Waals surface area contributed by atoms with Crippen LogP contribution in [0.25, 0.3) is 0 Å². The molecule has 0 spiro atoms. The van der Waals surface area contributed by atoms with Crippen LogP contribution in [0.1, 0.15) is 31.4 Å². The summed E-state index contributed by atoms with van der Waals surface area (Å²) in [7, 11) is 0. The monoisotopic (exact) mass is 574 g/mol. The van der Waals surface area contributed by atoms with Gasteiger partial charge in [0.25, 0.3) is 5.91 Å². The molecular weight excluding hydrogens is 547 g/mol. The summed E-state index contributed by atoms with van der Waals surface area (Å²) in [5.41, 5.74) is 1.61. The molecule has 0 saturated carbocycles. The molecule has 0 saturated heterocycles. The SMILES string of the molecule is CCC(C)NC(=O)C(Cc1ccccc1)N(Cc1ccc(F)cc1)C(=O)COc1ccc(Br)cc1Cl. The third kappa shape index (κ3) is 8.07. The van der Waals surface area contributed by atoms with Crippen LogP contribution in [0.2, 0.25) is 5.02 Å². The van der Waals surface area contributed by atoms with E-state index in [2.05, 4.69) is 21.2 Å². The fourth-order valence-corrected chi connectivity index (χ4v) is 4.32. The summed E-state index contributed by atoms with van der Waals surface area (Å²) in [5, 5.41) is 3.37. The number of hydrogen-bond acceptors (Lipinski definition) is 3. The summed E-state index contributed by atoms with van der Waals surface area (Å²) in [6.07, 6.45) is 1.07. The molecule has 2 atom stereocenters. The second-order valence-electron chi connectivity index (χ2n) is 8.53. The second kappa shape index (κ2) is 13.4. The Balaban J connectivity index is 1.91. The molecular formula is C28H29BrClFN2O3. The van der Waals surface area contributed by atoms with Crippen molar-refractivity contribution in [3.8, 4) is 5.75 Å². The average molecular weight is 576 g/mol. The van der Waals surface area contributed by atoms with Crippen molar-refractivity contribution in [2.75, 3.05) is 6.61 Å². The van der Waals surface area contributed by atoms with Gasteiger partial charge in [0.15, 0.2) is 6.61 Å². The molecule has 190 valence electrons. The number of halogens is 3. The largest absolute Gasteiger partial charge is 0.482 e. The first kappa shape index (κ1) is 27.7. The number of hydrogen-bond donors (Lipinski definition) is 1. The Morgan fingerprint density at radius 2 is 1.75 bits per heavy atom. The van der Waals surface area contributed by atoms with Crippen LogP contribution in [-0.4, -0.2) is 35.4 Å². The van der Waals surface area contributed by atoms with Gasteiger partial charge in [0.1, 0.15) is 17.6 Å². The van der Waals surface area contributed by atoms with Gasteiger partial charge in [0.05, 0.1) is 5.02 Å². The normalized spacial score (nSPS) is 12.5. The van der Waals surface area contributed by atoms with E-state index in [9.17, 15) is 14.0 Å². The maximum atomic E-state index is 13.6. The summed E-state index contributed by atoms with van der Waals surface area (Å²) in [6, 6.07) is 19.6. The lowest BCUT2D eigenvalue weighted by Gasteiger charge is -2.32. The zero-order chi connectivity index (χ0) is 26.1. The van der Waals surface area contributed by atoms with Gasteiger partial charge in [-0.2, -0.15) is 0 Å². The van der Waals surface area contributed by atoms with Crippen LogP contribution in [0.5, 0.6) is 5.75 Å². The van der Waals surface area contributed by atoms with Crippen LogP contribution in [0.4, 0.5) is 4.39 Å². The fourth-order valence-electron chi connectivity index (χ4n) is 3.60. The Morgan fingerprint density at radius 1 is 1.06 bits per heavy atom. The fraction of sp³-hybridized carbons (Fsp3) is 0.286. The first-order chi connectivity index (χ1) is 17.3. The second-order valence-corrected chi connectivity index (χ2v) is 9.86. The molecule has 1 N–H and O–H groups in total. The minimum Gasteiger partial charge on any atom is -0.482 e. The topological polar surface area (TPSA) is 58.6 Å². The van der Waals surface area contributed by atoms with Gasteiger partial charge in [-0.05, 0) is 54.8 Å². The van der Waals surface area contributed by atoms with Crippen molar-refractivity contribution in [3.63, 3.8) is 0 Å². The molecule has 3 rings (SSSR count). The van der Waals surface area contributed by atoms with Crippen molar-refractivity contribution in [2.24, 2.45) is 0 Å². The number of carbonyl (C=O) groups excluding carboxylic acids is 2. The Hall–Kier alpha value is -2.90. The number of rotatable bonds is 11. The van der Waals surface area contributed by atoms with Crippen LogP contribution in [0.15, 0.2) is 77.3 Å². The Kier molecular flexibility index (Phi) is 10.3. The van der Waals surface area contributed by atoms with E-state index >= 15 is 0 Å². The van der Waals surface area contributed by atoms with Crippen LogP contribution in [0.3, 0.4) is 0 Å².